The lowest BCUT2D eigenvalue weighted by Gasteiger charge is -2.27. The van der Waals surface area contributed by atoms with Crippen LogP contribution in [0.1, 0.15) is 36.7 Å². The third-order valence-electron chi connectivity index (χ3n) is 3.96. The number of aromatic nitrogens is 2. The number of ketones is 1. The van der Waals surface area contributed by atoms with E-state index in [9.17, 15) is 9.59 Å². The Kier molecular flexibility index (Phi) is 4.41. The number of likely N-dealkylation sites (N-methyl/N-ethyl adjacent to an activating group) is 1. The average molecular weight is 313 g/mol. The molecule has 0 fully saturated rings. The van der Waals surface area contributed by atoms with E-state index in [-0.39, 0.29) is 11.7 Å². The predicted molar refractivity (Wildman–Crippen MR) is 90.4 cm³/mol. The van der Waals surface area contributed by atoms with Gasteiger partial charge in [-0.3, -0.25) is 14.3 Å². The fourth-order valence-corrected chi connectivity index (χ4v) is 2.65. The molecule has 0 atom stereocenters. The molecule has 0 saturated carbocycles. The summed E-state index contributed by atoms with van der Waals surface area (Å²) in [6, 6.07) is 7.41. The Morgan fingerprint density at radius 2 is 1.78 bits per heavy atom. The van der Waals surface area contributed by atoms with Gasteiger partial charge in [0.15, 0.2) is 5.78 Å². The van der Waals surface area contributed by atoms with E-state index >= 15 is 0 Å². The Balaban J connectivity index is 2.56. The molecule has 2 rings (SSSR count). The molecule has 0 unspecified atom stereocenters. The van der Waals surface area contributed by atoms with E-state index in [1.54, 1.807) is 36.7 Å². The van der Waals surface area contributed by atoms with E-state index in [0.717, 1.165) is 16.8 Å². The Labute approximate surface area is 136 Å². The van der Waals surface area contributed by atoms with Gasteiger partial charge in [0.1, 0.15) is 5.54 Å². The van der Waals surface area contributed by atoms with Gasteiger partial charge in [0.05, 0.1) is 5.69 Å². The average Bonchev–Trinajstić information content (AvgIpc) is 2.88. The third-order valence-corrected chi connectivity index (χ3v) is 3.96. The largest absolute Gasteiger partial charge is 0.347 e. The van der Waals surface area contributed by atoms with Crippen LogP contribution in [0.2, 0.25) is 0 Å². The van der Waals surface area contributed by atoms with Crippen LogP contribution in [0.25, 0.3) is 11.3 Å². The van der Waals surface area contributed by atoms with Crippen LogP contribution < -0.4 is 0 Å². The van der Waals surface area contributed by atoms with Crippen LogP contribution in [0.5, 0.6) is 0 Å². The van der Waals surface area contributed by atoms with Gasteiger partial charge in [0, 0.05) is 31.4 Å². The van der Waals surface area contributed by atoms with Crippen molar-refractivity contribution in [3.8, 4) is 11.3 Å². The molecule has 0 aliphatic rings. The number of nitrogens with zero attached hydrogens (tertiary/aromatic N) is 3. The lowest BCUT2D eigenvalue weighted by molar-refractivity contribution is -0.137. The van der Waals surface area contributed by atoms with Gasteiger partial charge in [-0.05, 0) is 33.3 Å². The standard InChI is InChI=1S/C18H23N3O2/c1-12-11-21(18(3,4)17(23)20(5)6)19-16(12)15-10-8-7-9-14(15)13(2)22/h7-11H,1-6H3. The highest BCUT2D eigenvalue weighted by atomic mass is 16.2. The first-order chi connectivity index (χ1) is 10.7. The Bertz CT molecular complexity index is 757. The summed E-state index contributed by atoms with van der Waals surface area (Å²) < 4.78 is 1.68. The van der Waals surface area contributed by atoms with Crippen molar-refractivity contribution in [2.24, 2.45) is 0 Å². The van der Waals surface area contributed by atoms with E-state index in [0.29, 0.717) is 5.56 Å². The monoisotopic (exact) mass is 313 g/mol. The number of hydrogen-bond donors (Lipinski definition) is 0. The van der Waals surface area contributed by atoms with Crippen molar-refractivity contribution in [2.75, 3.05) is 14.1 Å². The Morgan fingerprint density at radius 3 is 2.35 bits per heavy atom. The molecule has 122 valence electrons. The highest BCUT2D eigenvalue weighted by Gasteiger charge is 2.33. The molecular weight excluding hydrogens is 290 g/mol. The summed E-state index contributed by atoms with van der Waals surface area (Å²) in [5, 5.41) is 4.62. The second-order valence-corrected chi connectivity index (χ2v) is 6.47. The van der Waals surface area contributed by atoms with E-state index in [4.69, 9.17) is 0 Å². The minimum atomic E-state index is -0.794. The molecule has 5 heteroatoms. The normalized spacial score (nSPS) is 11.4. The Hall–Kier alpha value is -2.43. The number of carbonyl (C=O) groups excluding carboxylic acids is 2. The van der Waals surface area contributed by atoms with E-state index in [2.05, 4.69) is 5.10 Å². The van der Waals surface area contributed by atoms with Gasteiger partial charge < -0.3 is 4.90 Å². The highest BCUT2D eigenvalue weighted by molar-refractivity contribution is 6.00. The maximum atomic E-state index is 12.4. The summed E-state index contributed by atoms with van der Waals surface area (Å²) in [5.41, 5.74) is 2.30. The maximum absolute atomic E-state index is 12.4. The van der Waals surface area contributed by atoms with Gasteiger partial charge in [-0.15, -0.1) is 0 Å². The van der Waals surface area contributed by atoms with Crippen molar-refractivity contribution in [3.05, 3.63) is 41.6 Å². The van der Waals surface area contributed by atoms with Gasteiger partial charge in [-0.1, -0.05) is 24.3 Å². The van der Waals surface area contributed by atoms with Crippen molar-refractivity contribution >= 4 is 11.7 Å². The summed E-state index contributed by atoms with van der Waals surface area (Å²) >= 11 is 0. The van der Waals surface area contributed by atoms with Gasteiger partial charge in [0.2, 0.25) is 5.91 Å². The number of benzene rings is 1. The molecule has 1 amide bonds. The smallest absolute Gasteiger partial charge is 0.249 e. The minimum absolute atomic E-state index is 0.00169. The van der Waals surface area contributed by atoms with E-state index < -0.39 is 5.54 Å². The summed E-state index contributed by atoms with van der Waals surface area (Å²) in [7, 11) is 3.46. The number of carbonyl (C=O) groups is 2. The first-order valence-electron chi connectivity index (χ1n) is 7.55. The highest BCUT2D eigenvalue weighted by Crippen LogP contribution is 2.28. The molecular formula is C18H23N3O2. The van der Waals surface area contributed by atoms with Crippen LogP contribution in [-0.2, 0) is 10.3 Å². The second-order valence-electron chi connectivity index (χ2n) is 6.47. The molecule has 5 nitrogen and oxygen atoms in total. The molecule has 1 aromatic carbocycles. The zero-order valence-electron chi connectivity index (χ0n) is 14.5. The fraction of sp³-hybridized carbons (Fsp3) is 0.389. The van der Waals surface area contributed by atoms with Crippen LogP contribution in [-0.4, -0.2) is 40.5 Å². The number of amides is 1. The molecule has 1 aromatic heterocycles. The number of rotatable bonds is 4. The van der Waals surface area contributed by atoms with Gasteiger partial charge in [0.25, 0.3) is 0 Å². The van der Waals surface area contributed by atoms with Crippen molar-refractivity contribution in [2.45, 2.75) is 33.2 Å². The third kappa shape index (κ3) is 3.04. The van der Waals surface area contributed by atoms with Crippen LogP contribution in [0.4, 0.5) is 0 Å². The molecule has 1 heterocycles. The lowest BCUT2D eigenvalue weighted by atomic mass is 10.00. The van der Waals surface area contributed by atoms with Crippen LogP contribution >= 0.6 is 0 Å². The summed E-state index contributed by atoms with van der Waals surface area (Å²) in [4.78, 5) is 25.8. The molecule has 0 spiro atoms. The summed E-state index contributed by atoms with van der Waals surface area (Å²) in [6.07, 6.45) is 1.85. The van der Waals surface area contributed by atoms with Gasteiger partial charge in [-0.2, -0.15) is 5.10 Å². The Morgan fingerprint density at radius 1 is 1.17 bits per heavy atom. The molecule has 2 aromatic rings. The first-order valence-corrected chi connectivity index (χ1v) is 7.55. The molecule has 0 aliphatic carbocycles. The number of aryl methyl sites for hydroxylation is 1. The summed E-state index contributed by atoms with van der Waals surface area (Å²) in [5.74, 6) is -0.0374. The van der Waals surface area contributed by atoms with Crippen molar-refractivity contribution in [1.29, 1.82) is 0 Å². The second kappa shape index (κ2) is 5.99. The fourth-order valence-electron chi connectivity index (χ4n) is 2.65. The van der Waals surface area contributed by atoms with Crippen LogP contribution in [0.15, 0.2) is 30.5 Å². The minimum Gasteiger partial charge on any atom is -0.347 e. The molecule has 23 heavy (non-hydrogen) atoms. The van der Waals surface area contributed by atoms with Crippen molar-refractivity contribution in [3.63, 3.8) is 0 Å². The van der Waals surface area contributed by atoms with E-state index in [1.807, 2.05) is 45.2 Å². The molecule has 0 aliphatic heterocycles. The molecule has 0 saturated heterocycles. The quantitative estimate of drug-likeness (QED) is 0.816. The zero-order valence-corrected chi connectivity index (χ0v) is 14.5. The van der Waals surface area contributed by atoms with Gasteiger partial charge >= 0.3 is 0 Å². The van der Waals surface area contributed by atoms with Gasteiger partial charge in [-0.25, -0.2) is 0 Å². The van der Waals surface area contributed by atoms with Crippen LogP contribution in [0, 0.1) is 6.92 Å². The molecule has 0 bridgehead atoms. The number of Topliss-reactive ketones (excluding diaryl/α,β-unsaturated/α-hetero) is 1. The SMILES string of the molecule is CC(=O)c1ccccc1-c1nn(C(C)(C)C(=O)N(C)C)cc1C. The molecule has 0 N–H and O–H groups in total. The van der Waals surface area contributed by atoms with E-state index in [1.165, 1.54) is 0 Å². The first kappa shape index (κ1) is 16.9. The zero-order chi connectivity index (χ0) is 17.4. The topological polar surface area (TPSA) is 55.2 Å². The molecule has 0 radical (unpaired) electrons. The van der Waals surface area contributed by atoms with Crippen molar-refractivity contribution < 1.29 is 9.59 Å². The summed E-state index contributed by atoms with van der Waals surface area (Å²) in [6.45, 7) is 7.15. The van der Waals surface area contributed by atoms with Crippen molar-refractivity contribution in [1.82, 2.24) is 14.7 Å². The predicted octanol–water partition coefficient (Wildman–Crippen LogP) is 2.88. The lowest BCUT2D eigenvalue weighted by Crippen LogP contribution is -2.44. The maximum Gasteiger partial charge on any atom is 0.249 e. The number of hydrogen-bond acceptors (Lipinski definition) is 3. The van der Waals surface area contributed by atoms with Crippen LogP contribution in [0.3, 0.4) is 0 Å².